The number of nitrogens with one attached hydrogen (secondary N) is 3. The van der Waals surface area contributed by atoms with E-state index in [4.69, 9.17) is 4.74 Å². The summed E-state index contributed by atoms with van der Waals surface area (Å²) in [6.07, 6.45) is 4.33. The van der Waals surface area contributed by atoms with Crippen LogP contribution in [0.5, 0.6) is 0 Å². The first-order chi connectivity index (χ1) is 16.1. The molecule has 3 amide bonds. The molecule has 0 rings (SSSR count). The zero-order chi connectivity index (χ0) is 27.3. The number of rotatable bonds is 15. The molecule has 8 heteroatoms. The molecular weight excluding hydrogens is 446 g/mol. The van der Waals surface area contributed by atoms with Crippen molar-refractivity contribution in [2.75, 3.05) is 0 Å². The molecule has 0 fully saturated rings. The maximum atomic E-state index is 13.3. The Labute approximate surface area is 213 Å². The molecule has 35 heavy (non-hydrogen) atoms. The summed E-state index contributed by atoms with van der Waals surface area (Å²) in [4.78, 5) is 38.7. The van der Waals surface area contributed by atoms with Crippen molar-refractivity contribution < 1.29 is 24.2 Å². The molecule has 0 aromatic carbocycles. The van der Waals surface area contributed by atoms with Gasteiger partial charge in [-0.1, -0.05) is 80.6 Å². The van der Waals surface area contributed by atoms with Gasteiger partial charge in [-0.3, -0.25) is 9.59 Å². The van der Waals surface area contributed by atoms with Crippen molar-refractivity contribution in [1.29, 1.82) is 0 Å². The summed E-state index contributed by atoms with van der Waals surface area (Å²) in [7, 11) is 0. The lowest BCUT2D eigenvalue weighted by Crippen LogP contribution is -2.59. The molecule has 8 nitrogen and oxygen atoms in total. The van der Waals surface area contributed by atoms with Crippen molar-refractivity contribution in [2.45, 2.75) is 138 Å². The first kappa shape index (κ1) is 33.2. The average molecular weight is 500 g/mol. The van der Waals surface area contributed by atoms with Gasteiger partial charge >= 0.3 is 6.09 Å². The molecule has 0 saturated carbocycles. The zero-order valence-electron chi connectivity index (χ0n) is 23.9. The van der Waals surface area contributed by atoms with Gasteiger partial charge in [-0.15, -0.1) is 0 Å². The quantitative estimate of drug-likeness (QED) is 0.247. The minimum Gasteiger partial charge on any atom is -0.444 e. The van der Waals surface area contributed by atoms with Crippen LogP contribution in [0.2, 0.25) is 0 Å². The number of alkyl carbamates (subject to hydrolysis) is 1. The van der Waals surface area contributed by atoms with Crippen molar-refractivity contribution in [2.24, 2.45) is 17.8 Å². The highest BCUT2D eigenvalue weighted by Gasteiger charge is 2.34. The van der Waals surface area contributed by atoms with Crippen molar-refractivity contribution in [3.8, 4) is 0 Å². The number of hydrogen-bond donors (Lipinski definition) is 4. The molecule has 206 valence electrons. The molecule has 0 bridgehead atoms. The van der Waals surface area contributed by atoms with Crippen LogP contribution in [0.3, 0.4) is 0 Å². The number of unbranched alkanes of at least 4 members (excludes halogenated alkanes) is 3. The Hall–Kier alpha value is -1.83. The third-order valence-electron chi connectivity index (χ3n) is 6.20. The van der Waals surface area contributed by atoms with Crippen LogP contribution < -0.4 is 16.0 Å². The SMILES string of the molecule is CCCCCCC(O)[C@@H](NC(=O)[C@@H](NC(=O)[C@@H](NC(=O)OC(C)(C)C)C(C)C)C(C)C)C(C)CC. The predicted molar refractivity (Wildman–Crippen MR) is 141 cm³/mol. The van der Waals surface area contributed by atoms with Crippen molar-refractivity contribution >= 4 is 17.9 Å². The lowest BCUT2D eigenvalue weighted by molar-refractivity contribution is -0.132. The first-order valence-electron chi connectivity index (χ1n) is 13.4. The van der Waals surface area contributed by atoms with E-state index in [0.29, 0.717) is 6.42 Å². The van der Waals surface area contributed by atoms with Crippen LogP contribution in [-0.2, 0) is 14.3 Å². The van der Waals surface area contributed by atoms with E-state index in [1.54, 1.807) is 20.8 Å². The Morgan fingerprint density at radius 2 is 1.31 bits per heavy atom. The molecule has 4 N–H and O–H groups in total. The number of amides is 3. The number of aliphatic hydroxyl groups excluding tert-OH is 1. The molecule has 0 aliphatic carbocycles. The fraction of sp³-hybridized carbons (Fsp3) is 0.889. The molecule has 0 saturated heterocycles. The van der Waals surface area contributed by atoms with E-state index in [1.807, 2.05) is 41.5 Å². The van der Waals surface area contributed by atoms with E-state index < -0.39 is 41.8 Å². The van der Waals surface area contributed by atoms with E-state index in [1.165, 1.54) is 0 Å². The molecular formula is C27H53N3O5. The lowest BCUT2D eigenvalue weighted by Gasteiger charge is -2.32. The fourth-order valence-electron chi connectivity index (χ4n) is 3.83. The van der Waals surface area contributed by atoms with Crippen LogP contribution in [0.25, 0.3) is 0 Å². The molecule has 0 aromatic heterocycles. The summed E-state index contributed by atoms with van der Waals surface area (Å²) in [6, 6.07) is -2.05. The van der Waals surface area contributed by atoms with E-state index in [-0.39, 0.29) is 23.7 Å². The number of carbonyl (C=O) groups excluding carboxylic acids is 3. The Kier molecular flexibility index (Phi) is 15.2. The smallest absolute Gasteiger partial charge is 0.408 e. The van der Waals surface area contributed by atoms with E-state index >= 15 is 0 Å². The molecule has 5 atom stereocenters. The van der Waals surface area contributed by atoms with Gasteiger partial charge in [0, 0.05) is 0 Å². The first-order valence-corrected chi connectivity index (χ1v) is 13.4. The fourth-order valence-corrected chi connectivity index (χ4v) is 3.83. The minimum atomic E-state index is -0.853. The predicted octanol–water partition coefficient (Wildman–Crippen LogP) is 4.54. The molecule has 2 unspecified atom stereocenters. The Morgan fingerprint density at radius 1 is 0.800 bits per heavy atom. The zero-order valence-corrected chi connectivity index (χ0v) is 23.9. The lowest BCUT2D eigenvalue weighted by atomic mass is 9.90. The topological polar surface area (TPSA) is 117 Å². The van der Waals surface area contributed by atoms with E-state index in [9.17, 15) is 19.5 Å². The normalized spacial score (nSPS) is 16.3. The van der Waals surface area contributed by atoms with Crippen molar-refractivity contribution in [3.63, 3.8) is 0 Å². The maximum Gasteiger partial charge on any atom is 0.408 e. The van der Waals surface area contributed by atoms with E-state index in [0.717, 1.165) is 32.1 Å². The Balaban J connectivity index is 5.42. The highest BCUT2D eigenvalue weighted by atomic mass is 16.6. The Bertz CT molecular complexity index is 645. The summed E-state index contributed by atoms with van der Waals surface area (Å²) < 4.78 is 5.30. The summed E-state index contributed by atoms with van der Waals surface area (Å²) in [5.41, 5.74) is -0.690. The third kappa shape index (κ3) is 13.2. The van der Waals surface area contributed by atoms with Crippen LogP contribution >= 0.6 is 0 Å². The summed E-state index contributed by atoms with van der Waals surface area (Å²) in [5, 5.41) is 19.3. The van der Waals surface area contributed by atoms with Gasteiger partial charge in [-0.2, -0.15) is 0 Å². The number of carbonyl (C=O) groups is 3. The molecule has 0 aromatic rings. The second-order valence-corrected chi connectivity index (χ2v) is 11.4. The van der Waals surface area contributed by atoms with Gasteiger partial charge in [0.1, 0.15) is 17.7 Å². The van der Waals surface area contributed by atoms with Crippen molar-refractivity contribution in [1.82, 2.24) is 16.0 Å². The van der Waals surface area contributed by atoms with Gasteiger partial charge in [0.2, 0.25) is 11.8 Å². The van der Waals surface area contributed by atoms with Gasteiger partial charge in [0.25, 0.3) is 0 Å². The van der Waals surface area contributed by atoms with Gasteiger partial charge in [0.15, 0.2) is 0 Å². The molecule has 0 aliphatic rings. The summed E-state index contributed by atoms with van der Waals surface area (Å²) in [5.74, 6) is -1.09. The monoisotopic (exact) mass is 499 g/mol. The largest absolute Gasteiger partial charge is 0.444 e. The molecule has 0 spiro atoms. The number of hydrogen-bond acceptors (Lipinski definition) is 5. The second kappa shape index (κ2) is 16.0. The van der Waals surface area contributed by atoms with Gasteiger partial charge < -0.3 is 25.8 Å². The molecule has 0 radical (unpaired) electrons. The highest BCUT2D eigenvalue weighted by molar-refractivity contribution is 5.91. The van der Waals surface area contributed by atoms with Crippen LogP contribution in [-0.4, -0.2) is 52.8 Å². The average Bonchev–Trinajstić information content (AvgIpc) is 2.74. The molecule has 0 aliphatic heterocycles. The van der Waals surface area contributed by atoms with Crippen LogP contribution in [0, 0.1) is 17.8 Å². The van der Waals surface area contributed by atoms with Crippen molar-refractivity contribution in [3.05, 3.63) is 0 Å². The number of ether oxygens (including phenoxy) is 1. The number of aliphatic hydroxyl groups is 1. The van der Waals surface area contributed by atoms with Crippen LogP contribution in [0.15, 0.2) is 0 Å². The maximum absolute atomic E-state index is 13.3. The summed E-state index contributed by atoms with van der Waals surface area (Å²) >= 11 is 0. The summed E-state index contributed by atoms with van der Waals surface area (Å²) in [6.45, 7) is 18.8. The van der Waals surface area contributed by atoms with Crippen LogP contribution in [0.1, 0.15) is 108 Å². The van der Waals surface area contributed by atoms with Crippen LogP contribution in [0.4, 0.5) is 4.79 Å². The molecule has 0 heterocycles. The highest BCUT2D eigenvalue weighted by Crippen LogP contribution is 2.18. The van der Waals surface area contributed by atoms with E-state index in [2.05, 4.69) is 22.9 Å². The third-order valence-corrected chi connectivity index (χ3v) is 6.20. The van der Waals surface area contributed by atoms with Gasteiger partial charge in [0.05, 0.1) is 12.1 Å². The van der Waals surface area contributed by atoms with Gasteiger partial charge in [-0.25, -0.2) is 4.79 Å². The standard InChI is InChI=1S/C27H53N3O5/c1-11-13-14-15-16-20(31)23(19(7)12-2)29-24(32)21(17(3)4)28-25(33)22(18(5)6)30-26(34)35-27(8,9)10/h17-23,31H,11-16H2,1-10H3,(H,28,33)(H,29,32)(H,30,34)/t19?,20?,21-,22-,23-/m0/s1. The Morgan fingerprint density at radius 3 is 1.77 bits per heavy atom. The van der Waals surface area contributed by atoms with Gasteiger partial charge in [-0.05, 0) is 44.9 Å². The second-order valence-electron chi connectivity index (χ2n) is 11.4. The minimum absolute atomic E-state index is 0.0842.